The van der Waals surface area contributed by atoms with Crippen LogP contribution in [0.2, 0.25) is 5.15 Å². The maximum Gasteiger partial charge on any atom is 0.275 e. The van der Waals surface area contributed by atoms with Gasteiger partial charge in [0.05, 0.1) is 0 Å². The zero-order valence-electron chi connectivity index (χ0n) is 5.41. The van der Waals surface area contributed by atoms with Crippen molar-refractivity contribution in [3.8, 4) is 0 Å². The van der Waals surface area contributed by atoms with Crippen LogP contribution in [0.15, 0.2) is 23.3 Å². The summed E-state index contributed by atoms with van der Waals surface area (Å²) >= 11 is 5.69. The average molecular weight is 170 g/mol. The SMILES string of the molecule is O=c1[nH]cnn2c(Cl)ccc12. The van der Waals surface area contributed by atoms with Crippen molar-refractivity contribution in [1.82, 2.24) is 14.6 Å². The molecule has 11 heavy (non-hydrogen) atoms. The number of nitrogens with zero attached hydrogens (tertiary/aromatic N) is 2. The molecule has 5 heteroatoms. The molecule has 0 aromatic carbocycles. The van der Waals surface area contributed by atoms with Crippen LogP contribution in [0.1, 0.15) is 0 Å². The van der Waals surface area contributed by atoms with E-state index >= 15 is 0 Å². The van der Waals surface area contributed by atoms with Gasteiger partial charge in [0, 0.05) is 0 Å². The molecule has 2 heterocycles. The van der Waals surface area contributed by atoms with Gasteiger partial charge in [-0.15, -0.1) is 0 Å². The van der Waals surface area contributed by atoms with E-state index in [-0.39, 0.29) is 5.56 Å². The van der Waals surface area contributed by atoms with Gasteiger partial charge in [0.15, 0.2) is 0 Å². The van der Waals surface area contributed by atoms with Crippen molar-refractivity contribution in [1.29, 1.82) is 0 Å². The number of aromatic nitrogens is 3. The van der Waals surface area contributed by atoms with E-state index in [2.05, 4.69) is 10.1 Å². The predicted molar refractivity (Wildman–Crippen MR) is 40.8 cm³/mol. The molecule has 0 fully saturated rings. The van der Waals surface area contributed by atoms with E-state index in [1.807, 2.05) is 0 Å². The van der Waals surface area contributed by atoms with E-state index in [9.17, 15) is 4.79 Å². The Hall–Kier alpha value is -1.29. The molecule has 2 rings (SSSR count). The van der Waals surface area contributed by atoms with Gasteiger partial charge in [-0.25, -0.2) is 4.52 Å². The molecule has 0 atom stereocenters. The van der Waals surface area contributed by atoms with Crippen LogP contribution in [0.3, 0.4) is 0 Å². The van der Waals surface area contributed by atoms with Crippen molar-refractivity contribution in [3.05, 3.63) is 34.0 Å². The molecule has 4 nitrogen and oxygen atoms in total. The van der Waals surface area contributed by atoms with Crippen molar-refractivity contribution in [2.45, 2.75) is 0 Å². The van der Waals surface area contributed by atoms with Crippen LogP contribution in [0.25, 0.3) is 5.52 Å². The first-order valence-corrected chi connectivity index (χ1v) is 3.38. The number of aromatic amines is 1. The van der Waals surface area contributed by atoms with Gasteiger partial charge in [-0.2, -0.15) is 5.10 Å². The topological polar surface area (TPSA) is 50.2 Å². The molecule has 0 aliphatic rings. The highest BCUT2D eigenvalue weighted by Gasteiger charge is 2.00. The molecule has 2 aromatic rings. The predicted octanol–water partition coefficient (Wildman–Crippen LogP) is 0.676. The first-order valence-electron chi connectivity index (χ1n) is 3.00. The van der Waals surface area contributed by atoms with Crippen LogP contribution in [0.5, 0.6) is 0 Å². The highest BCUT2D eigenvalue weighted by molar-refractivity contribution is 6.29. The van der Waals surface area contributed by atoms with Crippen LogP contribution < -0.4 is 5.56 Å². The van der Waals surface area contributed by atoms with Crippen LogP contribution in [-0.4, -0.2) is 14.6 Å². The summed E-state index contributed by atoms with van der Waals surface area (Å²) in [5.74, 6) is 0. The number of H-pyrrole nitrogens is 1. The number of hydrogen-bond acceptors (Lipinski definition) is 2. The van der Waals surface area contributed by atoms with E-state index in [4.69, 9.17) is 11.6 Å². The molecule has 0 amide bonds. The molecular weight excluding hydrogens is 166 g/mol. The largest absolute Gasteiger partial charge is 0.310 e. The Morgan fingerprint density at radius 1 is 1.55 bits per heavy atom. The summed E-state index contributed by atoms with van der Waals surface area (Å²) in [4.78, 5) is 13.5. The van der Waals surface area contributed by atoms with Crippen LogP contribution in [-0.2, 0) is 0 Å². The van der Waals surface area contributed by atoms with Gasteiger partial charge in [-0.05, 0) is 12.1 Å². The summed E-state index contributed by atoms with van der Waals surface area (Å²) < 4.78 is 1.38. The molecule has 0 aliphatic carbocycles. The number of nitrogens with one attached hydrogen (secondary N) is 1. The van der Waals surface area contributed by atoms with Gasteiger partial charge in [0.1, 0.15) is 17.0 Å². The Balaban J connectivity index is 3.06. The maximum atomic E-state index is 11.0. The number of hydrogen-bond donors (Lipinski definition) is 1. The van der Waals surface area contributed by atoms with E-state index in [1.54, 1.807) is 12.1 Å². The van der Waals surface area contributed by atoms with Crippen LogP contribution in [0, 0.1) is 0 Å². The van der Waals surface area contributed by atoms with Gasteiger partial charge in [0.2, 0.25) is 0 Å². The van der Waals surface area contributed by atoms with Crippen molar-refractivity contribution < 1.29 is 0 Å². The standard InChI is InChI=1S/C6H4ClN3O/c7-5-2-1-4-6(11)8-3-9-10(4)5/h1-3H,(H,8,9,11). The first-order chi connectivity index (χ1) is 5.29. The normalized spacial score (nSPS) is 10.6. The molecule has 0 saturated heterocycles. The zero-order valence-corrected chi connectivity index (χ0v) is 6.17. The lowest BCUT2D eigenvalue weighted by molar-refractivity contribution is 0.889. The van der Waals surface area contributed by atoms with Crippen molar-refractivity contribution in [3.63, 3.8) is 0 Å². The smallest absolute Gasteiger partial charge is 0.275 e. The Bertz CT molecular complexity index is 444. The Morgan fingerprint density at radius 3 is 3.09 bits per heavy atom. The quantitative estimate of drug-likeness (QED) is 0.631. The zero-order chi connectivity index (χ0) is 7.84. The fourth-order valence-corrected chi connectivity index (χ4v) is 1.11. The third-order valence-corrected chi connectivity index (χ3v) is 1.70. The minimum atomic E-state index is -0.188. The molecule has 0 saturated carbocycles. The van der Waals surface area contributed by atoms with Crippen molar-refractivity contribution in [2.24, 2.45) is 0 Å². The lowest BCUT2D eigenvalue weighted by Gasteiger charge is -1.90. The summed E-state index contributed by atoms with van der Waals surface area (Å²) in [5, 5.41) is 4.27. The number of rotatable bonds is 0. The Kier molecular flexibility index (Phi) is 1.22. The first kappa shape index (κ1) is 6.42. The monoisotopic (exact) mass is 169 g/mol. The van der Waals surface area contributed by atoms with Crippen molar-refractivity contribution >= 4 is 17.1 Å². The highest BCUT2D eigenvalue weighted by Crippen LogP contribution is 2.08. The summed E-state index contributed by atoms with van der Waals surface area (Å²) in [7, 11) is 0. The Labute approximate surface area is 66.4 Å². The molecule has 0 spiro atoms. The maximum absolute atomic E-state index is 11.0. The van der Waals surface area contributed by atoms with Crippen LogP contribution >= 0.6 is 11.6 Å². The van der Waals surface area contributed by atoms with Gasteiger partial charge in [0.25, 0.3) is 5.56 Å². The molecular formula is C6H4ClN3O. The molecule has 56 valence electrons. The number of fused-ring (bicyclic) bond motifs is 1. The van der Waals surface area contributed by atoms with E-state index in [0.29, 0.717) is 10.7 Å². The fourth-order valence-electron chi connectivity index (χ4n) is 0.912. The minimum Gasteiger partial charge on any atom is -0.310 e. The third-order valence-electron chi connectivity index (χ3n) is 1.41. The van der Waals surface area contributed by atoms with E-state index < -0.39 is 0 Å². The van der Waals surface area contributed by atoms with Gasteiger partial charge in [-0.1, -0.05) is 11.6 Å². The van der Waals surface area contributed by atoms with E-state index in [0.717, 1.165) is 0 Å². The highest BCUT2D eigenvalue weighted by atomic mass is 35.5. The molecule has 0 aliphatic heterocycles. The summed E-state index contributed by atoms with van der Waals surface area (Å²) in [5.41, 5.74) is 0.268. The Morgan fingerprint density at radius 2 is 2.36 bits per heavy atom. The lowest BCUT2D eigenvalue weighted by atomic mass is 10.5. The fraction of sp³-hybridized carbons (Fsp3) is 0. The number of halogens is 1. The average Bonchev–Trinajstić information content (AvgIpc) is 2.35. The van der Waals surface area contributed by atoms with E-state index in [1.165, 1.54) is 10.8 Å². The second kappa shape index (κ2) is 2.10. The summed E-state index contributed by atoms with van der Waals surface area (Å²) in [6, 6.07) is 3.24. The molecule has 0 radical (unpaired) electrons. The lowest BCUT2D eigenvalue weighted by Crippen LogP contribution is -2.09. The van der Waals surface area contributed by atoms with Gasteiger partial charge in [-0.3, -0.25) is 4.79 Å². The minimum absolute atomic E-state index is 0.188. The van der Waals surface area contributed by atoms with Gasteiger partial charge < -0.3 is 4.98 Å². The molecule has 0 unspecified atom stereocenters. The van der Waals surface area contributed by atoms with Crippen LogP contribution in [0.4, 0.5) is 0 Å². The second-order valence-electron chi connectivity index (χ2n) is 2.07. The van der Waals surface area contributed by atoms with Gasteiger partial charge >= 0.3 is 0 Å². The summed E-state index contributed by atoms with van der Waals surface area (Å²) in [6.45, 7) is 0. The second-order valence-corrected chi connectivity index (χ2v) is 2.46. The van der Waals surface area contributed by atoms with Crippen molar-refractivity contribution in [2.75, 3.05) is 0 Å². The summed E-state index contributed by atoms with van der Waals surface area (Å²) in [6.07, 6.45) is 1.31. The molecule has 2 aromatic heterocycles. The third kappa shape index (κ3) is 0.832. The molecule has 1 N–H and O–H groups in total. The molecule has 0 bridgehead atoms.